The molecule has 0 spiro atoms. The molecule has 0 aromatic carbocycles. The Labute approximate surface area is 117 Å². The van der Waals surface area contributed by atoms with Crippen molar-refractivity contribution in [2.75, 3.05) is 0 Å². The van der Waals surface area contributed by atoms with Gasteiger partial charge in [0.25, 0.3) is 0 Å². The Bertz CT molecular complexity index is 623. The van der Waals surface area contributed by atoms with Gasteiger partial charge in [0.15, 0.2) is 5.78 Å². The van der Waals surface area contributed by atoms with E-state index in [4.69, 9.17) is 0 Å². The zero-order valence-electron chi connectivity index (χ0n) is 11.6. The number of carbonyl (C=O) groups excluding carboxylic acids is 1. The number of Topliss-reactive ketones (excluding diaryl/α,β-unsaturated/α-hetero) is 1. The van der Waals surface area contributed by atoms with Crippen molar-refractivity contribution in [3.63, 3.8) is 0 Å². The van der Waals surface area contributed by atoms with Crippen LogP contribution >= 0.6 is 11.3 Å². The van der Waals surface area contributed by atoms with E-state index in [2.05, 4.69) is 35.7 Å². The SMILES string of the molecule is Cc1cc2c(n1Cc1cscn1)CC(C)(C)CC2=O. The van der Waals surface area contributed by atoms with Gasteiger partial charge in [-0.05, 0) is 24.8 Å². The van der Waals surface area contributed by atoms with Gasteiger partial charge in [-0.15, -0.1) is 11.3 Å². The van der Waals surface area contributed by atoms with Crippen molar-refractivity contribution in [3.8, 4) is 0 Å². The molecule has 0 N–H and O–H groups in total. The van der Waals surface area contributed by atoms with Gasteiger partial charge in [-0.1, -0.05) is 13.8 Å². The summed E-state index contributed by atoms with van der Waals surface area (Å²) in [6, 6.07) is 2.04. The zero-order chi connectivity index (χ0) is 13.6. The molecule has 0 unspecified atom stereocenters. The maximum Gasteiger partial charge on any atom is 0.165 e. The van der Waals surface area contributed by atoms with Gasteiger partial charge in [0.05, 0.1) is 17.7 Å². The molecule has 3 rings (SSSR count). The molecule has 0 saturated heterocycles. The largest absolute Gasteiger partial charge is 0.342 e. The molecule has 2 heterocycles. The van der Waals surface area contributed by atoms with Gasteiger partial charge in [0.2, 0.25) is 0 Å². The molecule has 1 aliphatic carbocycles. The molecular formula is C15H18N2OS. The second-order valence-electron chi connectivity index (χ2n) is 6.15. The highest BCUT2D eigenvalue weighted by molar-refractivity contribution is 7.07. The molecule has 0 radical (unpaired) electrons. The number of aromatic nitrogens is 2. The molecule has 0 bridgehead atoms. The van der Waals surface area contributed by atoms with Crippen molar-refractivity contribution in [3.05, 3.63) is 39.6 Å². The minimum Gasteiger partial charge on any atom is -0.342 e. The first-order valence-corrected chi connectivity index (χ1v) is 7.50. The van der Waals surface area contributed by atoms with Crippen LogP contribution in [0.1, 0.15) is 47.7 Å². The predicted molar refractivity (Wildman–Crippen MR) is 76.8 cm³/mol. The number of ketones is 1. The van der Waals surface area contributed by atoms with Crippen LogP contribution in [0.15, 0.2) is 17.0 Å². The van der Waals surface area contributed by atoms with Crippen LogP contribution in [0.3, 0.4) is 0 Å². The fourth-order valence-corrected chi connectivity index (χ4v) is 3.45. The van der Waals surface area contributed by atoms with Gasteiger partial charge in [0.1, 0.15) is 0 Å². The zero-order valence-corrected chi connectivity index (χ0v) is 12.4. The molecule has 19 heavy (non-hydrogen) atoms. The predicted octanol–water partition coefficient (Wildman–Crippen LogP) is 3.46. The van der Waals surface area contributed by atoms with Crippen LogP contribution < -0.4 is 0 Å². The van der Waals surface area contributed by atoms with Gasteiger partial charge >= 0.3 is 0 Å². The standard InChI is InChI=1S/C15H18N2OS/c1-10-4-12-13(5-15(2,3)6-14(12)18)17(10)7-11-8-19-9-16-11/h4,8-9H,5-7H2,1-3H3. The topological polar surface area (TPSA) is 34.9 Å². The van der Waals surface area contributed by atoms with Crippen molar-refractivity contribution in [2.24, 2.45) is 5.41 Å². The lowest BCUT2D eigenvalue weighted by Gasteiger charge is -2.29. The van der Waals surface area contributed by atoms with E-state index < -0.39 is 0 Å². The van der Waals surface area contributed by atoms with Crippen LogP contribution in [0.4, 0.5) is 0 Å². The lowest BCUT2D eigenvalue weighted by atomic mass is 9.76. The monoisotopic (exact) mass is 274 g/mol. The van der Waals surface area contributed by atoms with Gasteiger partial charge < -0.3 is 4.57 Å². The summed E-state index contributed by atoms with van der Waals surface area (Å²) >= 11 is 1.61. The van der Waals surface area contributed by atoms with Crippen LogP contribution in [0.5, 0.6) is 0 Å². The number of fused-ring (bicyclic) bond motifs is 1. The van der Waals surface area contributed by atoms with E-state index in [1.807, 2.05) is 11.6 Å². The number of carbonyl (C=O) groups is 1. The van der Waals surface area contributed by atoms with Gasteiger partial charge in [-0.3, -0.25) is 4.79 Å². The van der Waals surface area contributed by atoms with Crippen molar-refractivity contribution in [1.82, 2.24) is 9.55 Å². The third kappa shape index (κ3) is 2.25. The Kier molecular flexibility index (Phi) is 2.86. The fourth-order valence-electron chi connectivity index (χ4n) is 2.90. The first kappa shape index (κ1) is 12.6. The third-order valence-corrected chi connectivity index (χ3v) is 4.44. The minimum atomic E-state index is 0.0642. The van der Waals surface area contributed by atoms with Gasteiger partial charge in [-0.2, -0.15) is 0 Å². The summed E-state index contributed by atoms with van der Waals surface area (Å²) in [4.78, 5) is 16.6. The summed E-state index contributed by atoms with van der Waals surface area (Å²) in [7, 11) is 0. The maximum absolute atomic E-state index is 12.2. The average Bonchev–Trinajstić information content (AvgIpc) is 2.90. The Morgan fingerprint density at radius 1 is 1.42 bits per heavy atom. The molecule has 0 fully saturated rings. The number of thiazole rings is 1. The summed E-state index contributed by atoms with van der Waals surface area (Å²) in [5.41, 5.74) is 6.26. The van der Waals surface area contributed by atoms with Crippen LogP contribution in [0.2, 0.25) is 0 Å². The van der Waals surface area contributed by atoms with Crippen LogP contribution in [0, 0.1) is 12.3 Å². The normalized spacial score (nSPS) is 17.5. The maximum atomic E-state index is 12.2. The molecule has 3 nitrogen and oxygen atoms in total. The fraction of sp³-hybridized carbons (Fsp3) is 0.467. The van der Waals surface area contributed by atoms with E-state index in [0.29, 0.717) is 6.42 Å². The van der Waals surface area contributed by atoms with Gasteiger partial charge in [0, 0.05) is 28.8 Å². The molecule has 0 aliphatic heterocycles. The molecule has 0 atom stereocenters. The quantitative estimate of drug-likeness (QED) is 0.840. The molecular weight excluding hydrogens is 256 g/mol. The number of hydrogen-bond acceptors (Lipinski definition) is 3. The highest BCUT2D eigenvalue weighted by atomic mass is 32.1. The molecule has 2 aromatic heterocycles. The second-order valence-corrected chi connectivity index (χ2v) is 6.87. The molecule has 0 amide bonds. The van der Waals surface area contributed by atoms with E-state index in [1.54, 1.807) is 11.3 Å². The van der Waals surface area contributed by atoms with E-state index in [0.717, 1.165) is 29.9 Å². The van der Waals surface area contributed by atoms with E-state index >= 15 is 0 Å². The average molecular weight is 274 g/mol. The van der Waals surface area contributed by atoms with E-state index in [9.17, 15) is 4.79 Å². The van der Waals surface area contributed by atoms with Crippen LogP contribution in [0.25, 0.3) is 0 Å². The lowest BCUT2D eigenvalue weighted by Crippen LogP contribution is -2.28. The summed E-state index contributed by atoms with van der Waals surface area (Å²) < 4.78 is 2.25. The lowest BCUT2D eigenvalue weighted by molar-refractivity contribution is 0.0910. The summed E-state index contributed by atoms with van der Waals surface area (Å²) in [5.74, 6) is 0.284. The van der Waals surface area contributed by atoms with Crippen molar-refractivity contribution in [2.45, 2.75) is 40.2 Å². The first-order valence-electron chi connectivity index (χ1n) is 6.55. The first-order chi connectivity index (χ1) is 8.96. The van der Waals surface area contributed by atoms with Crippen molar-refractivity contribution in [1.29, 1.82) is 0 Å². The highest BCUT2D eigenvalue weighted by Crippen LogP contribution is 2.36. The Balaban J connectivity index is 2.04. The van der Waals surface area contributed by atoms with Gasteiger partial charge in [-0.25, -0.2) is 4.98 Å². The second kappa shape index (κ2) is 4.30. The van der Waals surface area contributed by atoms with E-state index in [-0.39, 0.29) is 11.2 Å². The molecule has 0 saturated carbocycles. The summed E-state index contributed by atoms with van der Waals surface area (Å²) in [6.45, 7) is 7.19. The Morgan fingerprint density at radius 3 is 2.89 bits per heavy atom. The number of nitrogens with zero attached hydrogens (tertiary/aromatic N) is 2. The van der Waals surface area contributed by atoms with E-state index in [1.165, 1.54) is 5.69 Å². The Morgan fingerprint density at radius 2 is 2.21 bits per heavy atom. The number of rotatable bonds is 2. The molecule has 100 valence electrons. The molecule has 1 aliphatic rings. The summed E-state index contributed by atoms with van der Waals surface area (Å²) in [6.07, 6.45) is 1.62. The minimum absolute atomic E-state index is 0.0642. The van der Waals surface area contributed by atoms with Crippen molar-refractivity contribution < 1.29 is 4.79 Å². The van der Waals surface area contributed by atoms with Crippen molar-refractivity contribution >= 4 is 17.1 Å². The van der Waals surface area contributed by atoms with Crippen LogP contribution in [-0.4, -0.2) is 15.3 Å². The Hall–Kier alpha value is -1.42. The number of hydrogen-bond donors (Lipinski definition) is 0. The molecule has 4 heteroatoms. The number of aryl methyl sites for hydroxylation is 1. The highest BCUT2D eigenvalue weighted by Gasteiger charge is 2.33. The molecule has 2 aromatic rings. The van der Waals surface area contributed by atoms with Crippen LogP contribution in [-0.2, 0) is 13.0 Å². The smallest absolute Gasteiger partial charge is 0.165 e. The summed E-state index contributed by atoms with van der Waals surface area (Å²) in [5, 5.41) is 2.07. The third-order valence-electron chi connectivity index (χ3n) is 3.80.